The van der Waals surface area contributed by atoms with Crippen LogP contribution in [0.15, 0.2) is 0 Å². The largest absolute Gasteiger partial charge is 0.379 e. The highest BCUT2D eigenvalue weighted by atomic mass is 32.1. The Labute approximate surface area is 93.0 Å². The highest BCUT2D eigenvalue weighted by Crippen LogP contribution is 2.01. The fraction of sp³-hybridized carbons (Fsp3) is 0.750. The summed E-state index contributed by atoms with van der Waals surface area (Å²) in [5, 5.41) is 6.53. The van der Waals surface area contributed by atoms with Crippen molar-refractivity contribution >= 4 is 18.2 Å². The van der Waals surface area contributed by atoms with E-state index in [4.69, 9.17) is 22.7 Å². The maximum Gasteiger partial charge on any atom is 0.220 e. The molecule has 3 N–H and O–H groups in total. The van der Waals surface area contributed by atoms with Crippen molar-refractivity contribution in [3.8, 4) is 0 Å². The first-order valence-corrected chi connectivity index (χ1v) is 5.39. The lowest BCUT2D eigenvalue weighted by atomic mass is 10.4. The van der Waals surface area contributed by atoms with E-state index in [0.29, 0.717) is 10.7 Å². The monoisotopic (exact) mass is 229 g/mol. The van der Waals surface area contributed by atoms with Crippen LogP contribution in [0.1, 0.15) is 0 Å². The number of ether oxygens (including phenoxy) is 1. The lowest BCUT2D eigenvalue weighted by Crippen LogP contribution is -2.38. The fourth-order valence-corrected chi connectivity index (χ4v) is 1.84. The number of hydrogen-bond donors (Lipinski definition) is 2. The zero-order chi connectivity index (χ0) is 10.7. The molecule has 7 heteroatoms. The van der Waals surface area contributed by atoms with Gasteiger partial charge in [-0.15, -0.1) is 5.10 Å². The predicted octanol–water partition coefficient (Wildman–Crippen LogP) is -0.145. The number of aromatic amines is 1. The molecule has 2 heterocycles. The molecule has 1 aliphatic rings. The first kappa shape index (κ1) is 10.6. The van der Waals surface area contributed by atoms with E-state index in [2.05, 4.69) is 15.1 Å². The van der Waals surface area contributed by atoms with Crippen molar-refractivity contribution in [3.63, 3.8) is 0 Å². The van der Waals surface area contributed by atoms with E-state index >= 15 is 0 Å². The maximum absolute atomic E-state index is 5.67. The van der Waals surface area contributed by atoms with E-state index in [1.165, 1.54) is 0 Å². The van der Waals surface area contributed by atoms with Gasteiger partial charge in [0.05, 0.1) is 13.2 Å². The average Bonchev–Trinajstić information content (AvgIpc) is 2.58. The van der Waals surface area contributed by atoms with E-state index in [9.17, 15) is 0 Å². The molecule has 0 bridgehead atoms. The number of anilines is 1. The van der Waals surface area contributed by atoms with Gasteiger partial charge in [0, 0.05) is 26.2 Å². The fourth-order valence-electron chi connectivity index (χ4n) is 1.61. The van der Waals surface area contributed by atoms with Crippen LogP contribution in [0.5, 0.6) is 0 Å². The van der Waals surface area contributed by atoms with Crippen LogP contribution in [-0.4, -0.2) is 52.5 Å². The van der Waals surface area contributed by atoms with Gasteiger partial charge >= 0.3 is 0 Å². The molecule has 1 aromatic rings. The van der Waals surface area contributed by atoms with Crippen LogP contribution in [0.2, 0.25) is 0 Å². The van der Waals surface area contributed by atoms with Crippen LogP contribution in [-0.2, 0) is 11.3 Å². The third kappa shape index (κ3) is 2.55. The molecule has 0 radical (unpaired) electrons. The quantitative estimate of drug-likeness (QED) is 0.706. The zero-order valence-corrected chi connectivity index (χ0v) is 9.29. The van der Waals surface area contributed by atoms with Crippen LogP contribution in [0.25, 0.3) is 0 Å². The van der Waals surface area contributed by atoms with Crippen molar-refractivity contribution in [1.29, 1.82) is 0 Å². The van der Waals surface area contributed by atoms with Crippen LogP contribution in [0, 0.1) is 4.77 Å². The molecule has 1 fully saturated rings. The molecular formula is C8H15N5OS. The number of morpholine rings is 1. The Kier molecular flexibility index (Phi) is 3.34. The Morgan fingerprint density at radius 3 is 2.73 bits per heavy atom. The maximum atomic E-state index is 5.67. The summed E-state index contributed by atoms with van der Waals surface area (Å²) in [5.74, 6) is 0.452. The summed E-state index contributed by atoms with van der Waals surface area (Å²) >= 11 is 5.06. The number of nitrogens with two attached hydrogens (primary N) is 1. The number of H-pyrrole nitrogens is 1. The number of nitrogen functional groups attached to an aromatic ring is 1. The Hall–Kier alpha value is -0.920. The lowest BCUT2D eigenvalue weighted by Gasteiger charge is -2.26. The first-order valence-electron chi connectivity index (χ1n) is 4.98. The number of rotatable bonds is 3. The molecule has 0 unspecified atom stereocenters. The normalized spacial score (nSPS) is 18.1. The van der Waals surface area contributed by atoms with E-state index in [0.717, 1.165) is 39.4 Å². The number of aromatic nitrogens is 3. The molecule has 15 heavy (non-hydrogen) atoms. The topological polar surface area (TPSA) is 72.1 Å². The van der Waals surface area contributed by atoms with Crippen LogP contribution in [0.4, 0.5) is 5.95 Å². The summed E-state index contributed by atoms with van der Waals surface area (Å²) in [5.41, 5.74) is 5.67. The molecule has 1 aliphatic heterocycles. The second-order valence-electron chi connectivity index (χ2n) is 3.49. The minimum absolute atomic E-state index is 0.452. The minimum atomic E-state index is 0.452. The molecule has 1 saturated heterocycles. The molecule has 0 saturated carbocycles. The molecule has 0 spiro atoms. The summed E-state index contributed by atoms with van der Waals surface area (Å²) in [6.45, 7) is 5.29. The van der Waals surface area contributed by atoms with E-state index in [1.807, 2.05) is 4.57 Å². The molecule has 84 valence electrons. The van der Waals surface area contributed by atoms with Crippen LogP contribution < -0.4 is 5.73 Å². The van der Waals surface area contributed by atoms with E-state index in [1.54, 1.807) is 0 Å². The molecule has 0 aliphatic carbocycles. The summed E-state index contributed by atoms with van der Waals surface area (Å²) in [6, 6.07) is 0. The first-order chi connectivity index (χ1) is 7.27. The third-order valence-electron chi connectivity index (χ3n) is 2.53. The molecule has 0 amide bonds. The highest BCUT2D eigenvalue weighted by molar-refractivity contribution is 7.71. The van der Waals surface area contributed by atoms with Crippen molar-refractivity contribution < 1.29 is 4.74 Å². The Balaban J connectivity index is 1.89. The number of hydrogen-bond acceptors (Lipinski definition) is 5. The molecule has 0 atom stereocenters. The van der Waals surface area contributed by atoms with Crippen molar-refractivity contribution in [3.05, 3.63) is 4.77 Å². The third-order valence-corrected chi connectivity index (χ3v) is 2.84. The summed E-state index contributed by atoms with van der Waals surface area (Å²) < 4.78 is 7.67. The van der Waals surface area contributed by atoms with Crippen molar-refractivity contribution in [2.75, 3.05) is 38.6 Å². The van der Waals surface area contributed by atoms with Gasteiger partial charge in [0.1, 0.15) is 0 Å². The van der Waals surface area contributed by atoms with Crippen molar-refractivity contribution in [2.24, 2.45) is 0 Å². The summed E-state index contributed by atoms with van der Waals surface area (Å²) in [4.78, 5) is 2.33. The lowest BCUT2D eigenvalue weighted by molar-refractivity contribution is 0.0364. The zero-order valence-electron chi connectivity index (χ0n) is 8.48. The van der Waals surface area contributed by atoms with E-state index < -0.39 is 0 Å². The number of nitrogens with one attached hydrogen (secondary N) is 1. The predicted molar refractivity (Wildman–Crippen MR) is 59.1 cm³/mol. The molecule has 0 aromatic carbocycles. The Bertz CT molecular complexity index is 367. The van der Waals surface area contributed by atoms with Crippen LogP contribution >= 0.6 is 12.2 Å². The Morgan fingerprint density at radius 2 is 2.13 bits per heavy atom. The van der Waals surface area contributed by atoms with Gasteiger partial charge in [-0.3, -0.25) is 9.47 Å². The molecule has 6 nitrogen and oxygen atoms in total. The molecular weight excluding hydrogens is 214 g/mol. The Morgan fingerprint density at radius 1 is 1.40 bits per heavy atom. The highest BCUT2D eigenvalue weighted by Gasteiger charge is 2.10. The smallest absolute Gasteiger partial charge is 0.220 e. The van der Waals surface area contributed by atoms with Gasteiger partial charge in [0.25, 0.3) is 0 Å². The SMILES string of the molecule is Nc1n[nH]c(=S)n1CCN1CCOCC1. The van der Waals surface area contributed by atoms with E-state index in [-0.39, 0.29) is 0 Å². The van der Waals surface area contributed by atoms with Gasteiger partial charge in [-0.1, -0.05) is 0 Å². The van der Waals surface area contributed by atoms with Crippen LogP contribution in [0.3, 0.4) is 0 Å². The average molecular weight is 229 g/mol. The van der Waals surface area contributed by atoms with Gasteiger partial charge < -0.3 is 10.5 Å². The second kappa shape index (κ2) is 4.73. The minimum Gasteiger partial charge on any atom is -0.379 e. The number of nitrogens with zero attached hydrogens (tertiary/aromatic N) is 3. The molecule has 1 aromatic heterocycles. The van der Waals surface area contributed by atoms with Gasteiger partial charge in [-0.2, -0.15) is 0 Å². The standard InChI is InChI=1S/C8H15N5OS/c9-7-10-11-8(15)13(7)2-1-12-3-5-14-6-4-12/h1-6H2,(H2,9,10)(H,11,15). The van der Waals surface area contributed by atoms with Gasteiger partial charge in [-0.05, 0) is 12.2 Å². The van der Waals surface area contributed by atoms with Crippen molar-refractivity contribution in [2.45, 2.75) is 6.54 Å². The van der Waals surface area contributed by atoms with Gasteiger partial charge in [0.2, 0.25) is 5.95 Å². The summed E-state index contributed by atoms with van der Waals surface area (Å²) in [7, 11) is 0. The van der Waals surface area contributed by atoms with Gasteiger partial charge in [-0.25, -0.2) is 5.10 Å². The van der Waals surface area contributed by atoms with Gasteiger partial charge in [0.15, 0.2) is 4.77 Å². The summed E-state index contributed by atoms with van der Waals surface area (Å²) in [6.07, 6.45) is 0. The van der Waals surface area contributed by atoms with Crippen molar-refractivity contribution in [1.82, 2.24) is 19.7 Å². The second-order valence-corrected chi connectivity index (χ2v) is 3.88. The molecule has 2 rings (SSSR count).